The lowest BCUT2D eigenvalue weighted by atomic mass is 10.1. The Morgan fingerprint density at radius 1 is 1.38 bits per heavy atom. The van der Waals surface area contributed by atoms with Crippen LogP contribution >= 0.6 is 0 Å². The van der Waals surface area contributed by atoms with Crippen molar-refractivity contribution in [2.75, 3.05) is 18.1 Å². The molecule has 0 saturated heterocycles. The molecule has 10 nitrogen and oxygen atoms in total. The molecule has 1 fully saturated rings. The van der Waals surface area contributed by atoms with E-state index >= 15 is 0 Å². The highest BCUT2D eigenvalue weighted by Crippen LogP contribution is 2.35. The molecule has 138 valence electrons. The van der Waals surface area contributed by atoms with Crippen molar-refractivity contribution in [3.05, 3.63) is 28.3 Å². The number of aliphatic carboxylic acids is 1. The maximum absolute atomic E-state index is 12.3. The van der Waals surface area contributed by atoms with E-state index < -0.39 is 28.6 Å². The van der Waals surface area contributed by atoms with E-state index in [1.165, 1.54) is 18.2 Å². The zero-order valence-corrected chi connectivity index (χ0v) is 13.7. The van der Waals surface area contributed by atoms with Crippen molar-refractivity contribution < 1.29 is 29.2 Å². The van der Waals surface area contributed by atoms with Gasteiger partial charge in [-0.1, -0.05) is 0 Å². The van der Waals surface area contributed by atoms with Gasteiger partial charge in [-0.25, -0.2) is 0 Å². The molecule has 0 unspecified atom stereocenters. The topological polar surface area (TPSA) is 139 Å². The van der Waals surface area contributed by atoms with E-state index in [1.54, 1.807) is 0 Å². The van der Waals surface area contributed by atoms with Gasteiger partial charge in [0.25, 0.3) is 11.6 Å². The molecule has 1 heterocycles. The number of rotatable bonds is 5. The van der Waals surface area contributed by atoms with Crippen LogP contribution in [-0.4, -0.2) is 47.0 Å². The summed E-state index contributed by atoms with van der Waals surface area (Å²) in [6.45, 7) is -0.576. The monoisotopic (exact) mass is 363 g/mol. The first-order valence-corrected chi connectivity index (χ1v) is 8.09. The van der Waals surface area contributed by atoms with Crippen molar-refractivity contribution >= 4 is 29.2 Å². The lowest BCUT2D eigenvalue weighted by Crippen LogP contribution is -2.47. The second kappa shape index (κ2) is 6.98. The second-order valence-corrected chi connectivity index (χ2v) is 6.29. The molecule has 2 amide bonds. The number of amides is 2. The number of hydrogen-bond donors (Lipinski definition) is 2. The maximum atomic E-state index is 12.3. The third kappa shape index (κ3) is 3.58. The minimum atomic E-state index is -0.883. The number of anilines is 1. The number of nitro benzene ring substituents is 1. The molecule has 0 spiro atoms. The number of non-ortho nitro benzene ring substituents is 1. The number of carboxylic acids is 1. The number of hydrogen-bond acceptors (Lipinski definition) is 6. The molecule has 2 atom stereocenters. The molecule has 1 aliphatic heterocycles. The molecular formula is C16H17N3O7. The van der Waals surface area contributed by atoms with Crippen molar-refractivity contribution in [3.63, 3.8) is 0 Å². The summed E-state index contributed by atoms with van der Waals surface area (Å²) in [5.74, 6) is -2.01. The van der Waals surface area contributed by atoms with Gasteiger partial charge in [-0.15, -0.1) is 0 Å². The normalized spacial score (nSPS) is 21.7. The summed E-state index contributed by atoms with van der Waals surface area (Å²) in [5, 5.41) is 22.7. The molecule has 3 rings (SSSR count). The van der Waals surface area contributed by atoms with Crippen molar-refractivity contribution in [1.29, 1.82) is 0 Å². The first-order valence-electron chi connectivity index (χ1n) is 8.09. The molecule has 1 aromatic rings. The standard InChI is InChI=1S/C16H17N3O7/c20-14(17-10-2-1-9(5-10)16(22)23)7-18-12-6-11(19(24)25)3-4-13(12)26-8-15(18)21/h3-4,6,9-10H,1-2,5,7-8H2,(H,17,20)(H,22,23)/t9-,10+/m0/s1. The number of carboxylic acid groups (broad SMARTS) is 1. The van der Waals surface area contributed by atoms with Crippen LogP contribution < -0.4 is 15.0 Å². The summed E-state index contributed by atoms with van der Waals surface area (Å²) < 4.78 is 5.25. The summed E-state index contributed by atoms with van der Waals surface area (Å²) in [6.07, 6.45) is 1.40. The number of carbonyl (C=O) groups is 3. The van der Waals surface area contributed by atoms with E-state index in [0.717, 1.165) is 4.90 Å². The van der Waals surface area contributed by atoms with Gasteiger partial charge in [0.15, 0.2) is 6.61 Å². The molecule has 2 N–H and O–H groups in total. The van der Waals surface area contributed by atoms with Gasteiger partial charge in [-0.2, -0.15) is 0 Å². The van der Waals surface area contributed by atoms with Gasteiger partial charge in [-0.3, -0.25) is 29.4 Å². The van der Waals surface area contributed by atoms with Crippen LogP contribution in [0.3, 0.4) is 0 Å². The van der Waals surface area contributed by atoms with Crippen LogP contribution in [0.15, 0.2) is 18.2 Å². The van der Waals surface area contributed by atoms with Crippen LogP contribution in [0.1, 0.15) is 19.3 Å². The van der Waals surface area contributed by atoms with Crippen molar-refractivity contribution in [2.24, 2.45) is 5.92 Å². The number of nitrogens with one attached hydrogen (secondary N) is 1. The average molecular weight is 363 g/mol. The van der Waals surface area contributed by atoms with Gasteiger partial charge >= 0.3 is 5.97 Å². The summed E-state index contributed by atoms with van der Waals surface area (Å²) >= 11 is 0. The van der Waals surface area contributed by atoms with Crippen molar-refractivity contribution in [2.45, 2.75) is 25.3 Å². The highest BCUT2D eigenvalue weighted by atomic mass is 16.6. The fraction of sp³-hybridized carbons (Fsp3) is 0.438. The Labute approximate surface area is 147 Å². The van der Waals surface area contributed by atoms with E-state index in [-0.39, 0.29) is 36.3 Å². The van der Waals surface area contributed by atoms with Crippen molar-refractivity contribution in [1.82, 2.24) is 5.32 Å². The Balaban J connectivity index is 1.70. The fourth-order valence-corrected chi connectivity index (χ4v) is 3.23. The van der Waals surface area contributed by atoms with E-state index in [9.17, 15) is 24.5 Å². The smallest absolute Gasteiger partial charge is 0.306 e. The Kier molecular flexibility index (Phi) is 4.74. The highest BCUT2D eigenvalue weighted by Gasteiger charge is 2.33. The number of benzene rings is 1. The van der Waals surface area contributed by atoms with Crippen LogP contribution in [0.5, 0.6) is 5.75 Å². The lowest BCUT2D eigenvalue weighted by Gasteiger charge is -2.29. The van der Waals surface area contributed by atoms with Gasteiger partial charge in [0.05, 0.1) is 16.5 Å². The Bertz CT molecular complexity index is 779. The van der Waals surface area contributed by atoms with Gasteiger partial charge in [0, 0.05) is 18.2 Å². The van der Waals surface area contributed by atoms with Crippen LogP contribution in [0.4, 0.5) is 11.4 Å². The van der Waals surface area contributed by atoms with Gasteiger partial charge in [0.1, 0.15) is 12.3 Å². The first-order chi connectivity index (χ1) is 12.3. The van der Waals surface area contributed by atoms with E-state index in [1.807, 2.05) is 0 Å². The van der Waals surface area contributed by atoms with Crippen LogP contribution in [-0.2, 0) is 14.4 Å². The molecule has 0 radical (unpaired) electrons. The fourth-order valence-electron chi connectivity index (χ4n) is 3.23. The molecule has 1 aliphatic carbocycles. The third-order valence-electron chi connectivity index (χ3n) is 4.55. The van der Waals surface area contributed by atoms with E-state index in [2.05, 4.69) is 5.32 Å². The second-order valence-electron chi connectivity index (χ2n) is 6.29. The summed E-state index contributed by atoms with van der Waals surface area (Å²) in [4.78, 5) is 46.9. The number of ether oxygens (including phenoxy) is 1. The Morgan fingerprint density at radius 3 is 2.81 bits per heavy atom. The summed E-state index contributed by atoms with van der Waals surface area (Å²) in [7, 11) is 0. The largest absolute Gasteiger partial charge is 0.482 e. The predicted molar refractivity (Wildman–Crippen MR) is 87.9 cm³/mol. The predicted octanol–water partition coefficient (Wildman–Crippen LogP) is 0.690. The van der Waals surface area contributed by atoms with Crippen molar-refractivity contribution in [3.8, 4) is 5.75 Å². The van der Waals surface area contributed by atoms with Crippen LogP contribution in [0.25, 0.3) is 0 Å². The minimum absolute atomic E-state index is 0.167. The molecule has 0 aromatic heterocycles. The number of nitro groups is 1. The maximum Gasteiger partial charge on any atom is 0.306 e. The molecule has 1 aromatic carbocycles. The average Bonchev–Trinajstić information content (AvgIpc) is 3.05. The quantitative estimate of drug-likeness (QED) is 0.579. The van der Waals surface area contributed by atoms with Crippen LogP contribution in [0.2, 0.25) is 0 Å². The van der Waals surface area contributed by atoms with Gasteiger partial charge in [-0.05, 0) is 25.3 Å². The Hall–Kier alpha value is -3.17. The highest BCUT2D eigenvalue weighted by molar-refractivity contribution is 6.02. The molecule has 1 saturated carbocycles. The number of carbonyl (C=O) groups excluding carboxylic acids is 2. The molecule has 2 aliphatic rings. The summed E-state index contributed by atoms with van der Waals surface area (Å²) in [6, 6.07) is 3.58. The third-order valence-corrected chi connectivity index (χ3v) is 4.55. The molecule has 10 heteroatoms. The van der Waals surface area contributed by atoms with Gasteiger partial charge in [0.2, 0.25) is 5.91 Å². The lowest BCUT2D eigenvalue weighted by molar-refractivity contribution is -0.384. The van der Waals surface area contributed by atoms with E-state index in [4.69, 9.17) is 9.84 Å². The number of fused-ring (bicyclic) bond motifs is 1. The summed E-state index contributed by atoms with van der Waals surface area (Å²) in [5.41, 5.74) is -0.0482. The molecule has 26 heavy (non-hydrogen) atoms. The molecular weight excluding hydrogens is 346 g/mol. The zero-order valence-electron chi connectivity index (χ0n) is 13.7. The van der Waals surface area contributed by atoms with E-state index in [0.29, 0.717) is 19.3 Å². The number of nitrogens with zero attached hydrogens (tertiary/aromatic N) is 2. The Morgan fingerprint density at radius 2 is 2.15 bits per heavy atom. The SMILES string of the molecule is O=C(CN1C(=O)COc2ccc([N+](=O)[O-])cc21)N[C@@H]1CC[C@H](C(=O)O)C1. The minimum Gasteiger partial charge on any atom is -0.482 e. The first kappa shape index (κ1) is 17.6. The molecule has 0 bridgehead atoms. The van der Waals surface area contributed by atoms with Gasteiger partial charge < -0.3 is 15.2 Å². The van der Waals surface area contributed by atoms with Crippen LogP contribution in [0, 0.1) is 16.0 Å². The zero-order chi connectivity index (χ0) is 18.8.